The topological polar surface area (TPSA) is 189 Å². The van der Waals surface area contributed by atoms with E-state index in [0.717, 1.165) is 0 Å². The number of hydrogen-bond donors (Lipinski definition) is 6. The fourth-order valence-corrected chi connectivity index (χ4v) is 2.40. The van der Waals surface area contributed by atoms with E-state index in [-0.39, 0.29) is 17.0 Å². The summed E-state index contributed by atoms with van der Waals surface area (Å²) in [5.41, 5.74) is 5.15. The Morgan fingerprint density at radius 3 is 2.74 bits per heavy atom. The first kappa shape index (κ1) is 15.4. The van der Waals surface area contributed by atoms with Crippen LogP contribution in [0.15, 0.2) is 6.33 Å². The number of fused-ring (bicyclic) bond motifs is 1. The number of aromatic hydroxyl groups is 1. The summed E-state index contributed by atoms with van der Waals surface area (Å²) in [6.07, 6.45) is -3.50. The molecule has 0 aliphatic carbocycles. The fourth-order valence-electron chi connectivity index (χ4n) is 2.40. The maximum absolute atomic E-state index is 11.0. The molecular weight excluding hydrogens is 312 g/mol. The van der Waals surface area contributed by atoms with E-state index in [1.807, 2.05) is 0 Å². The number of aromatic nitrogens is 4. The molecule has 2 amide bonds. The highest BCUT2D eigenvalue weighted by Gasteiger charge is 2.44. The Kier molecular flexibility index (Phi) is 3.73. The summed E-state index contributed by atoms with van der Waals surface area (Å²) >= 11 is 0. The summed E-state index contributed by atoms with van der Waals surface area (Å²) in [7, 11) is 0. The molecule has 3 rings (SSSR count). The van der Waals surface area contributed by atoms with E-state index in [0.29, 0.717) is 0 Å². The van der Waals surface area contributed by atoms with Crippen LogP contribution in [0.25, 0.3) is 11.2 Å². The Morgan fingerprint density at radius 2 is 2.13 bits per heavy atom. The van der Waals surface area contributed by atoms with Crippen molar-refractivity contribution in [3.05, 3.63) is 6.33 Å². The summed E-state index contributed by atoms with van der Waals surface area (Å²) in [5.74, 6) is -0.120. The molecule has 0 unspecified atom stereocenters. The number of hydrogen-bond acceptors (Lipinski definition) is 9. The number of nitrogens with zero attached hydrogens (tertiary/aromatic N) is 4. The van der Waals surface area contributed by atoms with Crippen LogP contribution < -0.4 is 11.1 Å². The number of ether oxygens (including phenoxy) is 1. The molecular formula is C11H14N6O6. The number of carbonyl (C=O) groups is 1. The van der Waals surface area contributed by atoms with Gasteiger partial charge in [0, 0.05) is 0 Å². The van der Waals surface area contributed by atoms with Gasteiger partial charge in [-0.15, -0.1) is 0 Å². The average molecular weight is 326 g/mol. The molecule has 0 spiro atoms. The molecule has 7 N–H and O–H groups in total. The Labute approximate surface area is 128 Å². The highest BCUT2D eigenvalue weighted by molar-refractivity contribution is 5.95. The molecule has 1 aliphatic rings. The third-order valence-corrected chi connectivity index (χ3v) is 3.44. The second kappa shape index (κ2) is 5.58. The number of nitrogens with one attached hydrogen (secondary N) is 1. The van der Waals surface area contributed by atoms with Crippen molar-refractivity contribution in [1.82, 2.24) is 19.5 Å². The molecule has 3 heterocycles. The third kappa shape index (κ3) is 2.53. The summed E-state index contributed by atoms with van der Waals surface area (Å²) in [6.45, 7) is -0.490. The number of nitrogens with two attached hydrogens (primary N) is 1. The third-order valence-electron chi connectivity index (χ3n) is 3.44. The van der Waals surface area contributed by atoms with Gasteiger partial charge in [-0.1, -0.05) is 0 Å². The number of aliphatic hydroxyl groups is 3. The van der Waals surface area contributed by atoms with E-state index >= 15 is 0 Å². The molecule has 12 heteroatoms. The van der Waals surface area contributed by atoms with Crippen molar-refractivity contribution >= 4 is 23.0 Å². The molecule has 4 atom stereocenters. The van der Waals surface area contributed by atoms with Crippen molar-refractivity contribution in [2.75, 3.05) is 11.9 Å². The van der Waals surface area contributed by atoms with Crippen molar-refractivity contribution in [1.29, 1.82) is 0 Å². The Balaban J connectivity index is 2.06. The molecule has 1 saturated heterocycles. The van der Waals surface area contributed by atoms with Gasteiger partial charge in [0.2, 0.25) is 0 Å². The minimum absolute atomic E-state index is 0.0380. The van der Waals surface area contributed by atoms with Crippen LogP contribution in [0.1, 0.15) is 6.23 Å². The highest BCUT2D eigenvalue weighted by atomic mass is 16.6. The van der Waals surface area contributed by atoms with Crippen LogP contribution >= 0.6 is 0 Å². The normalized spacial score (nSPS) is 27.4. The van der Waals surface area contributed by atoms with Crippen molar-refractivity contribution in [3.8, 4) is 6.01 Å². The quantitative estimate of drug-likeness (QED) is 0.358. The van der Waals surface area contributed by atoms with Crippen molar-refractivity contribution in [2.45, 2.75) is 24.5 Å². The molecule has 0 bridgehead atoms. The monoisotopic (exact) mass is 326 g/mol. The number of rotatable bonds is 3. The van der Waals surface area contributed by atoms with Crippen LogP contribution in [0.5, 0.6) is 6.01 Å². The van der Waals surface area contributed by atoms with Crippen molar-refractivity contribution in [3.63, 3.8) is 0 Å². The molecule has 0 saturated carbocycles. The molecule has 0 aromatic carbocycles. The molecule has 0 radical (unpaired) electrons. The Bertz CT molecular complexity index is 750. The standard InChI is InChI=1S/C11H14N6O6/c12-10(21)14-7-4-8(16-11(22)15-7)17(2-13-4)9-6(20)5(19)3(1-18)23-9/h2-3,5-6,9,18-20H,1H2,(H4,12,14,15,16,21,22)/t3-,5-,6-,9-/m1/s1. The van der Waals surface area contributed by atoms with Gasteiger partial charge < -0.3 is 30.9 Å². The van der Waals surface area contributed by atoms with Crippen molar-refractivity contribution < 1.29 is 30.0 Å². The summed E-state index contributed by atoms with van der Waals surface area (Å²) in [5, 5.41) is 40.7. The van der Waals surface area contributed by atoms with Gasteiger partial charge in [-0.2, -0.15) is 9.97 Å². The molecule has 2 aromatic heterocycles. The predicted octanol–water partition coefficient (Wildman–Crippen LogP) is -2.37. The van der Waals surface area contributed by atoms with E-state index in [1.54, 1.807) is 0 Å². The molecule has 1 fully saturated rings. The van der Waals surface area contributed by atoms with Crippen LogP contribution in [-0.4, -0.2) is 70.9 Å². The number of amides is 2. The second-order valence-corrected chi connectivity index (χ2v) is 4.91. The SMILES string of the molecule is NC(=O)Nc1nc(O)nc2c1ncn2[C@@H]1O[C@H](CO)[C@@H](O)[C@H]1O. The number of imidazole rings is 1. The van der Waals surface area contributed by atoms with Crippen LogP contribution in [-0.2, 0) is 4.74 Å². The van der Waals surface area contributed by atoms with E-state index < -0.39 is 43.2 Å². The molecule has 12 nitrogen and oxygen atoms in total. The number of primary amides is 1. The van der Waals surface area contributed by atoms with Gasteiger partial charge in [0.1, 0.15) is 18.3 Å². The van der Waals surface area contributed by atoms with E-state index in [1.165, 1.54) is 10.9 Å². The zero-order valence-corrected chi connectivity index (χ0v) is 11.6. The summed E-state index contributed by atoms with van der Waals surface area (Å²) in [4.78, 5) is 22.3. The molecule has 23 heavy (non-hydrogen) atoms. The van der Waals surface area contributed by atoms with E-state index in [2.05, 4.69) is 20.3 Å². The first-order chi connectivity index (χ1) is 10.9. The molecule has 1 aliphatic heterocycles. The Morgan fingerprint density at radius 1 is 1.39 bits per heavy atom. The molecule has 2 aromatic rings. The van der Waals surface area contributed by atoms with Crippen LogP contribution in [0, 0.1) is 0 Å². The van der Waals surface area contributed by atoms with Gasteiger partial charge >= 0.3 is 12.0 Å². The average Bonchev–Trinajstić information content (AvgIpc) is 3.01. The molecule has 124 valence electrons. The lowest BCUT2D eigenvalue weighted by Crippen LogP contribution is -2.33. The largest absolute Gasteiger partial charge is 0.479 e. The number of urea groups is 1. The first-order valence-corrected chi connectivity index (χ1v) is 6.54. The van der Waals surface area contributed by atoms with Gasteiger partial charge in [-0.05, 0) is 0 Å². The lowest BCUT2D eigenvalue weighted by Gasteiger charge is -2.16. The van der Waals surface area contributed by atoms with Gasteiger partial charge in [-0.25, -0.2) is 9.78 Å². The van der Waals surface area contributed by atoms with Gasteiger partial charge in [0.05, 0.1) is 12.9 Å². The maximum atomic E-state index is 11.0. The number of carbonyl (C=O) groups excluding carboxylic acids is 1. The van der Waals surface area contributed by atoms with Crippen LogP contribution in [0.2, 0.25) is 0 Å². The lowest BCUT2D eigenvalue weighted by atomic mass is 10.1. The lowest BCUT2D eigenvalue weighted by molar-refractivity contribution is -0.0511. The zero-order valence-electron chi connectivity index (χ0n) is 11.6. The van der Waals surface area contributed by atoms with E-state index in [9.17, 15) is 20.1 Å². The maximum Gasteiger partial charge on any atom is 0.318 e. The summed E-state index contributed by atoms with van der Waals surface area (Å²) < 4.78 is 6.61. The first-order valence-electron chi connectivity index (χ1n) is 6.54. The minimum Gasteiger partial charge on any atom is -0.479 e. The minimum atomic E-state index is -1.35. The number of aliphatic hydroxyl groups excluding tert-OH is 3. The van der Waals surface area contributed by atoms with Crippen molar-refractivity contribution in [2.24, 2.45) is 5.73 Å². The zero-order chi connectivity index (χ0) is 16.7. The summed E-state index contributed by atoms with van der Waals surface area (Å²) in [6, 6.07) is -1.57. The highest BCUT2D eigenvalue weighted by Crippen LogP contribution is 2.32. The van der Waals surface area contributed by atoms with Gasteiger partial charge in [0.15, 0.2) is 23.2 Å². The smallest absolute Gasteiger partial charge is 0.318 e. The van der Waals surface area contributed by atoms with Gasteiger partial charge in [-0.3, -0.25) is 9.88 Å². The predicted molar refractivity (Wildman–Crippen MR) is 73.2 cm³/mol. The second-order valence-electron chi connectivity index (χ2n) is 4.91. The number of anilines is 1. The van der Waals surface area contributed by atoms with E-state index in [4.69, 9.17) is 15.6 Å². The van der Waals surface area contributed by atoms with Crippen LogP contribution in [0.4, 0.5) is 10.6 Å². The Hall–Kier alpha value is -2.54. The fraction of sp³-hybridized carbons (Fsp3) is 0.455. The van der Waals surface area contributed by atoms with Crippen LogP contribution in [0.3, 0.4) is 0 Å². The van der Waals surface area contributed by atoms with Gasteiger partial charge in [0.25, 0.3) is 0 Å².